The van der Waals surface area contributed by atoms with E-state index in [9.17, 15) is 0 Å². The summed E-state index contributed by atoms with van der Waals surface area (Å²) >= 11 is 0. The molecule has 0 heterocycles. The van der Waals surface area contributed by atoms with Gasteiger partial charge in [-0.3, -0.25) is 0 Å². The molecule has 2 saturated carbocycles. The summed E-state index contributed by atoms with van der Waals surface area (Å²) in [5, 5.41) is 0. The summed E-state index contributed by atoms with van der Waals surface area (Å²) in [5.74, 6) is 2.55. The zero-order valence-electron chi connectivity index (χ0n) is 8.67. The predicted molar refractivity (Wildman–Crippen MR) is 58.0 cm³/mol. The molecule has 0 amide bonds. The third-order valence-corrected chi connectivity index (χ3v) is 4.07. The van der Waals surface area contributed by atoms with E-state index in [2.05, 4.69) is 0 Å². The van der Waals surface area contributed by atoms with Crippen molar-refractivity contribution in [3.63, 3.8) is 0 Å². The molecule has 2 unspecified atom stereocenters. The van der Waals surface area contributed by atoms with E-state index in [1.54, 1.807) is 0 Å². The normalized spacial score (nSPS) is 37.5. The fourth-order valence-electron chi connectivity index (χ4n) is 3.29. The Balaban J connectivity index is 1.88. The van der Waals surface area contributed by atoms with Gasteiger partial charge in [0.2, 0.25) is 0 Å². The molecule has 2 aliphatic carbocycles. The van der Waals surface area contributed by atoms with E-state index in [4.69, 9.17) is 7.85 Å². The molecule has 0 aromatic carbocycles. The van der Waals surface area contributed by atoms with Gasteiger partial charge in [0, 0.05) is 0 Å². The van der Waals surface area contributed by atoms with Crippen LogP contribution < -0.4 is 0 Å². The van der Waals surface area contributed by atoms with Crippen LogP contribution in [0.25, 0.3) is 0 Å². The molecule has 0 aromatic rings. The lowest BCUT2D eigenvalue weighted by Crippen LogP contribution is -2.12. The summed E-state index contributed by atoms with van der Waals surface area (Å²) in [4.78, 5) is 0. The number of rotatable bonds is 1. The van der Waals surface area contributed by atoms with Gasteiger partial charge in [0.05, 0.1) is 7.85 Å². The highest BCUT2D eigenvalue weighted by atomic mass is 14.3. The smallest absolute Gasteiger partial charge is 0.0699 e. The van der Waals surface area contributed by atoms with Crippen LogP contribution in [-0.2, 0) is 0 Å². The van der Waals surface area contributed by atoms with Gasteiger partial charge in [-0.15, -0.1) is 0 Å². The summed E-state index contributed by atoms with van der Waals surface area (Å²) in [6.45, 7) is 0. The van der Waals surface area contributed by atoms with Crippen LogP contribution in [0.4, 0.5) is 0 Å². The molecular formula is C12H21B. The average Bonchev–Trinajstić information content (AvgIpc) is 2.56. The van der Waals surface area contributed by atoms with Crippen LogP contribution in [0.2, 0.25) is 5.82 Å². The molecule has 0 aliphatic heterocycles. The van der Waals surface area contributed by atoms with Crippen molar-refractivity contribution >= 4 is 7.85 Å². The van der Waals surface area contributed by atoms with E-state index >= 15 is 0 Å². The Hall–Kier alpha value is 0.0649. The third-order valence-electron chi connectivity index (χ3n) is 4.07. The fourth-order valence-corrected chi connectivity index (χ4v) is 3.29. The largest absolute Gasteiger partial charge is 0.0771 e. The standard InChI is InChI=1S/C12H21B/c13-12-8-4-3-7-11(9-12)10-5-1-2-6-10/h10-12H,1-9H2. The lowest BCUT2D eigenvalue weighted by Gasteiger charge is -2.23. The molecule has 0 saturated heterocycles. The summed E-state index contributed by atoms with van der Waals surface area (Å²) in [7, 11) is 6.09. The van der Waals surface area contributed by atoms with E-state index in [0.717, 1.165) is 11.8 Å². The van der Waals surface area contributed by atoms with Crippen molar-refractivity contribution in [1.82, 2.24) is 0 Å². The van der Waals surface area contributed by atoms with Crippen LogP contribution in [0.5, 0.6) is 0 Å². The lowest BCUT2D eigenvalue weighted by atomic mass is 9.74. The van der Waals surface area contributed by atoms with Crippen LogP contribution in [0.1, 0.15) is 57.8 Å². The zero-order chi connectivity index (χ0) is 9.10. The van der Waals surface area contributed by atoms with E-state index in [-0.39, 0.29) is 0 Å². The highest BCUT2D eigenvalue weighted by Crippen LogP contribution is 2.40. The van der Waals surface area contributed by atoms with Gasteiger partial charge in [0.1, 0.15) is 0 Å². The van der Waals surface area contributed by atoms with E-state index in [0.29, 0.717) is 5.82 Å². The Morgan fingerprint density at radius 3 is 1.92 bits per heavy atom. The first-order valence-corrected chi connectivity index (χ1v) is 6.12. The van der Waals surface area contributed by atoms with Crippen LogP contribution >= 0.6 is 0 Å². The Morgan fingerprint density at radius 2 is 1.23 bits per heavy atom. The lowest BCUT2D eigenvalue weighted by molar-refractivity contribution is 0.304. The topological polar surface area (TPSA) is 0 Å². The summed E-state index contributed by atoms with van der Waals surface area (Å²) < 4.78 is 0. The van der Waals surface area contributed by atoms with Crippen molar-refractivity contribution in [3.8, 4) is 0 Å². The molecule has 13 heavy (non-hydrogen) atoms. The summed E-state index contributed by atoms with van der Waals surface area (Å²) in [5.41, 5.74) is 0. The van der Waals surface area contributed by atoms with Crippen molar-refractivity contribution in [3.05, 3.63) is 0 Å². The highest BCUT2D eigenvalue weighted by Gasteiger charge is 2.27. The molecular weight excluding hydrogens is 155 g/mol. The molecule has 0 spiro atoms. The maximum Gasteiger partial charge on any atom is 0.0699 e. The molecule has 72 valence electrons. The molecule has 2 rings (SSSR count). The monoisotopic (exact) mass is 176 g/mol. The molecule has 2 radical (unpaired) electrons. The van der Waals surface area contributed by atoms with Crippen LogP contribution in [0, 0.1) is 11.8 Å². The number of hydrogen-bond donors (Lipinski definition) is 0. The minimum absolute atomic E-state index is 0.521. The van der Waals surface area contributed by atoms with Crippen molar-refractivity contribution in [1.29, 1.82) is 0 Å². The first kappa shape index (κ1) is 9.61. The molecule has 2 aliphatic rings. The average molecular weight is 176 g/mol. The molecule has 0 bridgehead atoms. The van der Waals surface area contributed by atoms with Crippen LogP contribution in [0.3, 0.4) is 0 Å². The maximum absolute atomic E-state index is 6.09. The van der Waals surface area contributed by atoms with Crippen LogP contribution in [-0.4, -0.2) is 7.85 Å². The van der Waals surface area contributed by atoms with Gasteiger partial charge in [0.15, 0.2) is 0 Å². The molecule has 1 heteroatoms. The highest BCUT2D eigenvalue weighted by molar-refractivity contribution is 6.11. The van der Waals surface area contributed by atoms with Gasteiger partial charge in [-0.25, -0.2) is 0 Å². The van der Waals surface area contributed by atoms with Crippen molar-refractivity contribution in [2.24, 2.45) is 11.8 Å². The first-order valence-electron chi connectivity index (χ1n) is 6.12. The number of hydrogen-bond acceptors (Lipinski definition) is 0. The molecule has 2 atom stereocenters. The van der Waals surface area contributed by atoms with Gasteiger partial charge in [-0.05, 0) is 11.8 Å². The Kier molecular flexibility index (Phi) is 3.35. The van der Waals surface area contributed by atoms with Gasteiger partial charge in [-0.2, -0.15) is 0 Å². The van der Waals surface area contributed by atoms with Crippen molar-refractivity contribution in [2.45, 2.75) is 63.6 Å². The van der Waals surface area contributed by atoms with Gasteiger partial charge in [0.25, 0.3) is 0 Å². The third kappa shape index (κ3) is 2.51. The quantitative estimate of drug-likeness (QED) is 0.422. The second kappa shape index (κ2) is 4.53. The Morgan fingerprint density at radius 1 is 0.692 bits per heavy atom. The first-order chi connectivity index (χ1) is 6.36. The summed E-state index contributed by atoms with van der Waals surface area (Å²) in [6.07, 6.45) is 12.9. The van der Waals surface area contributed by atoms with Gasteiger partial charge >= 0.3 is 0 Å². The Labute approximate surface area is 83.9 Å². The minimum Gasteiger partial charge on any atom is -0.0771 e. The molecule has 0 aromatic heterocycles. The minimum atomic E-state index is 0.521. The molecule has 0 N–H and O–H groups in total. The van der Waals surface area contributed by atoms with Crippen LogP contribution in [0.15, 0.2) is 0 Å². The maximum atomic E-state index is 6.09. The fraction of sp³-hybridized carbons (Fsp3) is 1.00. The predicted octanol–water partition coefficient (Wildman–Crippen LogP) is 3.71. The zero-order valence-corrected chi connectivity index (χ0v) is 8.67. The Bertz CT molecular complexity index is 149. The van der Waals surface area contributed by atoms with Crippen molar-refractivity contribution < 1.29 is 0 Å². The summed E-state index contributed by atoms with van der Waals surface area (Å²) in [6, 6.07) is 0. The van der Waals surface area contributed by atoms with Gasteiger partial charge in [-0.1, -0.05) is 63.6 Å². The second-order valence-corrected chi connectivity index (χ2v) is 5.08. The molecule has 2 fully saturated rings. The second-order valence-electron chi connectivity index (χ2n) is 5.08. The van der Waals surface area contributed by atoms with E-state index < -0.39 is 0 Å². The van der Waals surface area contributed by atoms with Gasteiger partial charge < -0.3 is 0 Å². The molecule has 0 nitrogen and oxygen atoms in total. The SMILES string of the molecule is [B]C1CCCCC(C2CCCC2)C1. The van der Waals surface area contributed by atoms with E-state index in [1.807, 2.05) is 0 Å². The van der Waals surface area contributed by atoms with Crippen molar-refractivity contribution in [2.75, 3.05) is 0 Å². The van der Waals surface area contributed by atoms with E-state index in [1.165, 1.54) is 57.8 Å².